The Balaban J connectivity index is 1.39. The maximum absolute atomic E-state index is 12.5. The van der Waals surface area contributed by atoms with Gasteiger partial charge in [0.2, 0.25) is 5.91 Å². The molecule has 0 N–H and O–H groups in total. The molecule has 0 radical (unpaired) electrons. The van der Waals surface area contributed by atoms with Gasteiger partial charge in [-0.2, -0.15) is 0 Å². The van der Waals surface area contributed by atoms with E-state index in [0.717, 1.165) is 31.7 Å². The molecule has 1 spiro atoms. The summed E-state index contributed by atoms with van der Waals surface area (Å²) in [5, 5.41) is 0. The Labute approximate surface area is 142 Å². The SMILES string of the molecule is O=C(Cc1ccccn1)N1CC[C@@]2(C[C@H](c3ccccc3)CO2)C1. The van der Waals surface area contributed by atoms with Gasteiger partial charge in [0.05, 0.1) is 18.6 Å². The molecule has 124 valence electrons. The molecule has 0 aliphatic carbocycles. The zero-order valence-electron chi connectivity index (χ0n) is 13.7. The maximum Gasteiger partial charge on any atom is 0.228 e. The largest absolute Gasteiger partial charge is 0.372 e. The summed E-state index contributed by atoms with van der Waals surface area (Å²) < 4.78 is 6.19. The minimum atomic E-state index is -0.152. The van der Waals surface area contributed by atoms with Crippen LogP contribution in [0.15, 0.2) is 54.7 Å². The highest BCUT2D eigenvalue weighted by Crippen LogP contribution is 2.42. The fourth-order valence-electron chi connectivity index (χ4n) is 3.89. The normalized spacial score (nSPS) is 26.2. The number of amides is 1. The number of aromatic nitrogens is 1. The highest BCUT2D eigenvalue weighted by molar-refractivity contribution is 5.78. The third kappa shape index (κ3) is 3.06. The summed E-state index contributed by atoms with van der Waals surface area (Å²) in [7, 11) is 0. The van der Waals surface area contributed by atoms with Crippen LogP contribution in [0.4, 0.5) is 0 Å². The molecule has 2 aliphatic rings. The van der Waals surface area contributed by atoms with Crippen molar-refractivity contribution >= 4 is 5.91 Å². The van der Waals surface area contributed by atoms with Gasteiger partial charge in [0.25, 0.3) is 0 Å². The molecule has 4 rings (SSSR count). The van der Waals surface area contributed by atoms with E-state index >= 15 is 0 Å². The molecule has 24 heavy (non-hydrogen) atoms. The number of rotatable bonds is 3. The lowest BCUT2D eigenvalue weighted by Gasteiger charge is -2.23. The smallest absolute Gasteiger partial charge is 0.228 e. The van der Waals surface area contributed by atoms with Gasteiger partial charge in [0.15, 0.2) is 0 Å². The Morgan fingerprint density at radius 2 is 2.04 bits per heavy atom. The Morgan fingerprint density at radius 1 is 1.21 bits per heavy atom. The predicted octanol–water partition coefficient (Wildman–Crippen LogP) is 2.80. The van der Waals surface area contributed by atoms with E-state index in [-0.39, 0.29) is 11.5 Å². The van der Waals surface area contributed by atoms with Gasteiger partial charge in [-0.3, -0.25) is 9.78 Å². The van der Waals surface area contributed by atoms with Crippen LogP contribution in [-0.4, -0.2) is 41.1 Å². The van der Waals surface area contributed by atoms with E-state index in [0.29, 0.717) is 18.9 Å². The van der Waals surface area contributed by atoms with Gasteiger partial charge in [-0.25, -0.2) is 0 Å². The summed E-state index contributed by atoms with van der Waals surface area (Å²) in [6.45, 7) is 2.25. The van der Waals surface area contributed by atoms with Crippen LogP contribution in [0, 0.1) is 0 Å². The Hall–Kier alpha value is -2.20. The fourth-order valence-corrected chi connectivity index (χ4v) is 3.89. The molecule has 0 saturated carbocycles. The lowest BCUT2D eigenvalue weighted by atomic mass is 9.89. The molecule has 1 amide bonds. The predicted molar refractivity (Wildman–Crippen MR) is 91.6 cm³/mol. The van der Waals surface area contributed by atoms with Crippen LogP contribution in [0.2, 0.25) is 0 Å². The van der Waals surface area contributed by atoms with Crippen LogP contribution in [0.3, 0.4) is 0 Å². The lowest BCUT2D eigenvalue weighted by molar-refractivity contribution is -0.130. The van der Waals surface area contributed by atoms with Crippen molar-refractivity contribution in [1.82, 2.24) is 9.88 Å². The summed E-state index contributed by atoms with van der Waals surface area (Å²) in [5.41, 5.74) is 2.02. The van der Waals surface area contributed by atoms with Crippen molar-refractivity contribution in [2.75, 3.05) is 19.7 Å². The van der Waals surface area contributed by atoms with Gasteiger partial charge in [-0.05, 0) is 30.5 Å². The fraction of sp³-hybridized carbons (Fsp3) is 0.400. The van der Waals surface area contributed by atoms with Crippen molar-refractivity contribution in [2.45, 2.75) is 30.8 Å². The molecule has 2 aromatic rings. The number of carbonyl (C=O) groups excluding carboxylic acids is 1. The van der Waals surface area contributed by atoms with Crippen molar-refractivity contribution in [1.29, 1.82) is 0 Å². The first-order valence-electron chi connectivity index (χ1n) is 8.61. The molecular weight excluding hydrogens is 300 g/mol. The van der Waals surface area contributed by atoms with E-state index in [1.54, 1.807) is 6.20 Å². The van der Waals surface area contributed by atoms with Crippen molar-refractivity contribution in [3.63, 3.8) is 0 Å². The topological polar surface area (TPSA) is 42.4 Å². The molecule has 4 nitrogen and oxygen atoms in total. The van der Waals surface area contributed by atoms with Crippen LogP contribution < -0.4 is 0 Å². The molecule has 2 aliphatic heterocycles. The first-order chi connectivity index (χ1) is 11.7. The molecule has 0 unspecified atom stereocenters. The van der Waals surface area contributed by atoms with Crippen LogP contribution >= 0.6 is 0 Å². The Morgan fingerprint density at radius 3 is 2.83 bits per heavy atom. The van der Waals surface area contributed by atoms with E-state index in [1.165, 1.54) is 5.56 Å². The lowest BCUT2D eigenvalue weighted by Crippen LogP contribution is -2.36. The monoisotopic (exact) mass is 322 g/mol. The summed E-state index contributed by atoms with van der Waals surface area (Å²) in [6.07, 6.45) is 4.05. The standard InChI is InChI=1S/C20H22N2O2/c23-19(12-18-8-4-5-10-21-18)22-11-9-20(15-22)13-17(14-24-20)16-6-2-1-3-7-16/h1-8,10,17H,9,11-15H2/t17-,20+/m0/s1. The van der Waals surface area contributed by atoms with E-state index in [2.05, 4.69) is 29.2 Å². The third-order valence-electron chi connectivity index (χ3n) is 5.21. The first kappa shape index (κ1) is 15.3. The van der Waals surface area contributed by atoms with Crippen LogP contribution in [-0.2, 0) is 16.0 Å². The van der Waals surface area contributed by atoms with Crippen LogP contribution in [0.1, 0.15) is 30.0 Å². The molecule has 1 aromatic carbocycles. The van der Waals surface area contributed by atoms with E-state index < -0.39 is 0 Å². The zero-order valence-corrected chi connectivity index (χ0v) is 13.7. The summed E-state index contributed by atoms with van der Waals surface area (Å²) in [4.78, 5) is 18.7. The minimum absolute atomic E-state index is 0.150. The van der Waals surface area contributed by atoms with E-state index in [9.17, 15) is 4.79 Å². The number of pyridine rings is 1. The van der Waals surface area contributed by atoms with Gasteiger partial charge >= 0.3 is 0 Å². The second-order valence-corrected chi connectivity index (χ2v) is 6.87. The average Bonchev–Trinajstić information content (AvgIpc) is 3.24. The van der Waals surface area contributed by atoms with E-state index in [1.807, 2.05) is 29.2 Å². The quantitative estimate of drug-likeness (QED) is 0.873. The van der Waals surface area contributed by atoms with Gasteiger partial charge < -0.3 is 9.64 Å². The number of nitrogens with zero attached hydrogens (tertiary/aromatic N) is 2. The van der Waals surface area contributed by atoms with Gasteiger partial charge in [0, 0.05) is 30.9 Å². The summed E-state index contributed by atoms with van der Waals surface area (Å²) >= 11 is 0. The number of benzene rings is 1. The number of hydrogen-bond acceptors (Lipinski definition) is 3. The Kier molecular flexibility index (Phi) is 4.07. The van der Waals surface area contributed by atoms with Gasteiger partial charge in [-0.1, -0.05) is 36.4 Å². The van der Waals surface area contributed by atoms with Crippen LogP contribution in [0.25, 0.3) is 0 Å². The Bertz CT molecular complexity index is 704. The third-order valence-corrected chi connectivity index (χ3v) is 5.21. The average molecular weight is 322 g/mol. The highest BCUT2D eigenvalue weighted by Gasteiger charge is 2.46. The number of hydrogen-bond donors (Lipinski definition) is 0. The van der Waals surface area contributed by atoms with Crippen LogP contribution in [0.5, 0.6) is 0 Å². The van der Waals surface area contributed by atoms with Crippen molar-refractivity contribution in [3.05, 3.63) is 66.0 Å². The van der Waals surface area contributed by atoms with Gasteiger partial charge in [0.1, 0.15) is 0 Å². The molecular formula is C20H22N2O2. The molecule has 2 atom stereocenters. The summed E-state index contributed by atoms with van der Waals surface area (Å²) in [5.74, 6) is 0.592. The second kappa shape index (κ2) is 6.36. The highest BCUT2D eigenvalue weighted by atomic mass is 16.5. The van der Waals surface area contributed by atoms with Gasteiger partial charge in [-0.15, -0.1) is 0 Å². The molecule has 2 saturated heterocycles. The van der Waals surface area contributed by atoms with Crippen molar-refractivity contribution in [2.24, 2.45) is 0 Å². The summed E-state index contributed by atoms with van der Waals surface area (Å²) in [6, 6.07) is 16.2. The molecule has 3 heterocycles. The van der Waals surface area contributed by atoms with Crippen molar-refractivity contribution in [3.8, 4) is 0 Å². The maximum atomic E-state index is 12.5. The molecule has 1 aromatic heterocycles. The molecule has 0 bridgehead atoms. The molecule has 2 fully saturated rings. The number of likely N-dealkylation sites (tertiary alicyclic amines) is 1. The minimum Gasteiger partial charge on any atom is -0.372 e. The molecule has 4 heteroatoms. The van der Waals surface area contributed by atoms with E-state index in [4.69, 9.17) is 4.74 Å². The zero-order chi connectivity index (χ0) is 16.4. The van der Waals surface area contributed by atoms with Crippen molar-refractivity contribution < 1.29 is 9.53 Å². The second-order valence-electron chi connectivity index (χ2n) is 6.87. The number of carbonyl (C=O) groups is 1. The number of ether oxygens (including phenoxy) is 1. The first-order valence-corrected chi connectivity index (χ1v) is 8.61.